The number of rotatable bonds is 1. The van der Waals surface area contributed by atoms with E-state index in [9.17, 15) is 4.79 Å². The molecule has 0 radical (unpaired) electrons. The number of benzene rings is 1. The first-order valence-corrected chi connectivity index (χ1v) is 6.97. The van der Waals surface area contributed by atoms with Gasteiger partial charge >= 0.3 is 0 Å². The van der Waals surface area contributed by atoms with Gasteiger partial charge in [0.15, 0.2) is 0 Å². The molecule has 3 nitrogen and oxygen atoms in total. The Bertz CT molecular complexity index is 439. The fourth-order valence-electron chi connectivity index (χ4n) is 2.18. The van der Waals surface area contributed by atoms with Crippen LogP contribution in [0.1, 0.15) is 28.8 Å². The summed E-state index contributed by atoms with van der Waals surface area (Å²) in [5, 5.41) is 0. The van der Waals surface area contributed by atoms with Crippen molar-refractivity contribution in [3.05, 3.63) is 32.9 Å². The lowest BCUT2D eigenvalue weighted by molar-refractivity contribution is 0.0707. The third-order valence-corrected chi connectivity index (χ3v) is 4.60. The summed E-state index contributed by atoms with van der Waals surface area (Å²) in [4.78, 5) is 14.3. The molecule has 0 bridgehead atoms. The molecule has 100 valence electrons. The first-order chi connectivity index (χ1) is 8.09. The molecule has 0 saturated carbocycles. The minimum atomic E-state index is 0. The number of nitrogens with zero attached hydrogens (tertiary/aromatic N) is 1. The second-order valence-electron chi connectivity index (χ2n) is 4.59. The molecular formula is C13H18ClIN2O. The highest BCUT2D eigenvalue weighted by Crippen LogP contribution is 2.20. The molecule has 1 heterocycles. The van der Waals surface area contributed by atoms with E-state index in [0.717, 1.165) is 34.1 Å². The van der Waals surface area contributed by atoms with Crippen LogP contribution in [0.4, 0.5) is 0 Å². The Morgan fingerprint density at radius 3 is 2.89 bits per heavy atom. The number of carbonyl (C=O) groups excluding carboxylic acids is 1. The standard InChI is InChI=1S/C13H17IN2O.ClH/c1-9-4-2-6-11(12(9)14)13(17)16-7-3-5-10(15)8-16;/h2,4,6,10H,3,5,7-8,15H2,1H3;1H. The van der Waals surface area contributed by atoms with E-state index in [1.54, 1.807) is 0 Å². The summed E-state index contributed by atoms with van der Waals surface area (Å²) in [6, 6.07) is 6.00. The number of piperidine rings is 1. The number of hydrogen-bond donors (Lipinski definition) is 1. The maximum absolute atomic E-state index is 12.4. The highest BCUT2D eigenvalue weighted by atomic mass is 127. The van der Waals surface area contributed by atoms with E-state index < -0.39 is 0 Å². The van der Waals surface area contributed by atoms with Gasteiger partial charge in [0, 0.05) is 22.7 Å². The van der Waals surface area contributed by atoms with Crippen molar-refractivity contribution in [1.82, 2.24) is 4.90 Å². The monoisotopic (exact) mass is 380 g/mol. The van der Waals surface area contributed by atoms with Crippen molar-refractivity contribution >= 4 is 40.9 Å². The topological polar surface area (TPSA) is 46.3 Å². The first-order valence-electron chi connectivity index (χ1n) is 5.89. The van der Waals surface area contributed by atoms with Crippen LogP contribution in [0, 0.1) is 10.5 Å². The van der Waals surface area contributed by atoms with Gasteiger partial charge in [0.05, 0.1) is 5.56 Å². The predicted octanol–water partition coefficient (Wildman–Crippen LogP) is 2.58. The summed E-state index contributed by atoms with van der Waals surface area (Å²) in [6.07, 6.45) is 2.03. The predicted molar refractivity (Wildman–Crippen MR) is 84.3 cm³/mol. The SMILES string of the molecule is Cc1cccc(C(=O)N2CCCC(N)C2)c1I.Cl. The second kappa shape index (κ2) is 6.73. The number of hydrogen-bond acceptors (Lipinski definition) is 2. The largest absolute Gasteiger partial charge is 0.337 e. The van der Waals surface area contributed by atoms with Crippen LogP contribution in [0.5, 0.6) is 0 Å². The van der Waals surface area contributed by atoms with Crippen molar-refractivity contribution < 1.29 is 4.79 Å². The Kier molecular flexibility index (Phi) is 5.88. The molecule has 1 unspecified atom stereocenters. The van der Waals surface area contributed by atoms with Crippen molar-refractivity contribution in [3.8, 4) is 0 Å². The lowest BCUT2D eigenvalue weighted by Gasteiger charge is -2.31. The van der Waals surface area contributed by atoms with Crippen molar-refractivity contribution in [2.75, 3.05) is 13.1 Å². The molecule has 1 atom stereocenters. The van der Waals surface area contributed by atoms with E-state index in [2.05, 4.69) is 22.6 Å². The zero-order chi connectivity index (χ0) is 12.4. The van der Waals surface area contributed by atoms with Crippen LogP contribution < -0.4 is 5.73 Å². The Hall–Kier alpha value is -0.330. The van der Waals surface area contributed by atoms with Crippen LogP contribution >= 0.6 is 35.0 Å². The second-order valence-corrected chi connectivity index (χ2v) is 5.67. The molecule has 1 aliphatic heterocycles. The Balaban J connectivity index is 0.00000162. The van der Waals surface area contributed by atoms with Crippen LogP contribution in [0.3, 0.4) is 0 Å². The van der Waals surface area contributed by atoms with E-state index in [4.69, 9.17) is 5.73 Å². The molecule has 1 aliphatic rings. The summed E-state index contributed by atoms with van der Waals surface area (Å²) in [6.45, 7) is 3.54. The first kappa shape index (κ1) is 15.7. The van der Waals surface area contributed by atoms with Crippen molar-refractivity contribution in [2.24, 2.45) is 5.73 Å². The number of amides is 1. The number of halogens is 2. The third kappa shape index (κ3) is 3.36. The number of nitrogens with two attached hydrogens (primary N) is 1. The normalized spacial score (nSPS) is 19.3. The van der Waals surface area contributed by atoms with E-state index in [0.29, 0.717) is 6.54 Å². The molecule has 2 rings (SSSR count). The van der Waals surface area contributed by atoms with Crippen LogP contribution in [-0.2, 0) is 0 Å². The Labute approximate surface area is 128 Å². The molecule has 0 aromatic heterocycles. The molecule has 1 aromatic carbocycles. The van der Waals surface area contributed by atoms with Crippen LogP contribution in [0.25, 0.3) is 0 Å². The summed E-state index contributed by atoms with van der Waals surface area (Å²) in [5.41, 5.74) is 7.87. The summed E-state index contributed by atoms with van der Waals surface area (Å²) >= 11 is 2.24. The summed E-state index contributed by atoms with van der Waals surface area (Å²) < 4.78 is 1.05. The van der Waals surface area contributed by atoms with E-state index >= 15 is 0 Å². The maximum atomic E-state index is 12.4. The van der Waals surface area contributed by atoms with Crippen LogP contribution in [-0.4, -0.2) is 29.9 Å². The van der Waals surface area contributed by atoms with Gasteiger partial charge in [-0.15, -0.1) is 12.4 Å². The van der Waals surface area contributed by atoms with E-state index in [1.807, 2.05) is 30.0 Å². The number of aryl methyl sites for hydroxylation is 1. The minimum Gasteiger partial charge on any atom is -0.337 e. The molecule has 0 spiro atoms. The number of likely N-dealkylation sites (tertiary alicyclic amines) is 1. The lowest BCUT2D eigenvalue weighted by Crippen LogP contribution is -2.45. The van der Waals surface area contributed by atoms with Gasteiger partial charge in [0.2, 0.25) is 0 Å². The summed E-state index contributed by atoms with van der Waals surface area (Å²) in [7, 11) is 0. The van der Waals surface area contributed by atoms with Crippen LogP contribution in [0.15, 0.2) is 18.2 Å². The van der Waals surface area contributed by atoms with Gasteiger partial charge in [-0.1, -0.05) is 12.1 Å². The van der Waals surface area contributed by atoms with Crippen molar-refractivity contribution in [3.63, 3.8) is 0 Å². The average molecular weight is 381 g/mol. The van der Waals surface area contributed by atoms with Crippen molar-refractivity contribution in [1.29, 1.82) is 0 Å². The van der Waals surface area contributed by atoms with Crippen LogP contribution in [0.2, 0.25) is 0 Å². The molecule has 2 N–H and O–H groups in total. The summed E-state index contributed by atoms with van der Waals surface area (Å²) in [5.74, 6) is 0.119. The quantitative estimate of drug-likeness (QED) is 0.761. The zero-order valence-corrected chi connectivity index (χ0v) is 13.3. The van der Waals surface area contributed by atoms with E-state index in [1.165, 1.54) is 0 Å². The Morgan fingerprint density at radius 2 is 2.22 bits per heavy atom. The Morgan fingerprint density at radius 1 is 1.50 bits per heavy atom. The highest BCUT2D eigenvalue weighted by molar-refractivity contribution is 14.1. The minimum absolute atomic E-state index is 0. The highest BCUT2D eigenvalue weighted by Gasteiger charge is 2.23. The fraction of sp³-hybridized carbons (Fsp3) is 0.462. The molecule has 5 heteroatoms. The molecule has 1 fully saturated rings. The van der Waals surface area contributed by atoms with Gasteiger partial charge in [-0.3, -0.25) is 4.79 Å². The van der Waals surface area contributed by atoms with Crippen molar-refractivity contribution in [2.45, 2.75) is 25.8 Å². The van der Waals surface area contributed by atoms with Gasteiger partial charge in [0.1, 0.15) is 0 Å². The number of carbonyl (C=O) groups is 1. The molecule has 1 saturated heterocycles. The van der Waals surface area contributed by atoms with Gasteiger partial charge in [-0.25, -0.2) is 0 Å². The molecule has 1 amide bonds. The average Bonchev–Trinajstić information content (AvgIpc) is 2.32. The zero-order valence-electron chi connectivity index (χ0n) is 10.4. The smallest absolute Gasteiger partial charge is 0.254 e. The molecule has 18 heavy (non-hydrogen) atoms. The lowest BCUT2D eigenvalue weighted by atomic mass is 10.0. The molecule has 1 aromatic rings. The van der Waals surface area contributed by atoms with Gasteiger partial charge in [-0.2, -0.15) is 0 Å². The third-order valence-electron chi connectivity index (χ3n) is 3.17. The fourth-order valence-corrected chi connectivity index (χ4v) is 2.77. The van der Waals surface area contributed by atoms with Gasteiger partial charge in [-0.05, 0) is 54.0 Å². The van der Waals surface area contributed by atoms with E-state index in [-0.39, 0.29) is 24.4 Å². The van der Waals surface area contributed by atoms with Gasteiger partial charge in [0.25, 0.3) is 5.91 Å². The maximum Gasteiger partial charge on any atom is 0.254 e. The van der Waals surface area contributed by atoms with Gasteiger partial charge < -0.3 is 10.6 Å². The molecule has 0 aliphatic carbocycles. The molecular weight excluding hydrogens is 363 g/mol.